The molecule has 0 amide bonds. The Bertz CT molecular complexity index is 830. The van der Waals surface area contributed by atoms with Gasteiger partial charge in [-0.2, -0.15) is 0 Å². The summed E-state index contributed by atoms with van der Waals surface area (Å²) in [5.74, 6) is 2.47. The molecule has 3 aromatic heterocycles. The molecule has 4 heterocycles. The molecule has 0 atom stereocenters. The van der Waals surface area contributed by atoms with E-state index in [1.807, 2.05) is 41.9 Å². The third-order valence-electron chi connectivity index (χ3n) is 3.83. The van der Waals surface area contributed by atoms with Crippen LogP contribution in [0.2, 0.25) is 0 Å². The van der Waals surface area contributed by atoms with Crippen molar-refractivity contribution in [2.24, 2.45) is 0 Å². The molecule has 0 aliphatic carbocycles. The van der Waals surface area contributed by atoms with Crippen molar-refractivity contribution < 1.29 is 6.16 Å². The van der Waals surface area contributed by atoms with E-state index in [2.05, 4.69) is 25.2 Å². The van der Waals surface area contributed by atoms with Crippen LogP contribution in [-0.2, 0) is 4.74 Å². The van der Waals surface area contributed by atoms with Gasteiger partial charge in [-0.05, 0) is 13.0 Å². The van der Waals surface area contributed by atoms with Gasteiger partial charge in [-0.25, -0.2) is 15.0 Å². The number of nitrogens with zero attached hydrogens (tertiary/aromatic N) is 5. The van der Waals surface area contributed by atoms with Crippen molar-refractivity contribution in [3.63, 3.8) is 0 Å². The van der Waals surface area contributed by atoms with E-state index in [4.69, 9.17) is 4.74 Å². The number of nitrogens with one attached hydrogen (secondary N) is 1. The van der Waals surface area contributed by atoms with E-state index in [1.54, 1.807) is 6.20 Å². The normalized spacial score (nSPS) is 15.1. The van der Waals surface area contributed by atoms with Gasteiger partial charge >= 0.3 is 0 Å². The summed E-state index contributed by atoms with van der Waals surface area (Å²) in [6, 6.07) is 5.97. The number of ether oxygens (including phenoxy) is 1. The minimum absolute atomic E-state index is 0. The van der Waals surface area contributed by atoms with Crippen molar-refractivity contribution in [2.75, 3.05) is 36.5 Å². The first-order valence-electron chi connectivity index (χ1n) is 7.66. The fourth-order valence-electron chi connectivity index (χ4n) is 2.71. The van der Waals surface area contributed by atoms with Gasteiger partial charge in [0.1, 0.15) is 23.1 Å². The molecule has 0 saturated carbocycles. The molecule has 0 spiro atoms. The molecule has 1 aliphatic heterocycles. The number of hydrogen-bond acceptors (Lipinski definition) is 6. The fourth-order valence-corrected chi connectivity index (χ4v) is 2.71. The molecular weight excluding hydrogens is 292 g/mol. The third-order valence-corrected chi connectivity index (χ3v) is 3.83. The quantitative estimate of drug-likeness (QED) is 0.800. The van der Waals surface area contributed by atoms with Crippen LogP contribution in [0.1, 0.15) is 7.25 Å². The highest BCUT2D eigenvalue weighted by atomic mass is 16.5. The lowest BCUT2D eigenvalue weighted by molar-refractivity contribution is 0.122. The van der Waals surface area contributed by atoms with Crippen molar-refractivity contribution in [1.82, 2.24) is 19.4 Å². The zero-order chi connectivity index (χ0) is 15.6. The lowest BCUT2D eigenvalue weighted by atomic mass is 10.3. The standard InChI is InChI=1S/C16H18N6O.H2/c1-12-18-14(11-16(19-12)22-6-8-23-9-7-22)20-13-2-4-21-5-3-17-15(21)10-13;/h2-5,10-11H,6-9H2,1H3,(H,18,19,20);1H. The van der Waals surface area contributed by atoms with Crippen molar-refractivity contribution in [1.29, 1.82) is 0 Å². The molecule has 3 aromatic rings. The monoisotopic (exact) mass is 312 g/mol. The molecule has 0 aromatic carbocycles. The zero-order valence-corrected chi connectivity index (χ0v) is 12.9. The summed E-state index contributed by atoms with van der Waals surface area (Å²) >= 11 is 0. The Labute approximate surface area is 135 Å². The molecule has 1 aliphatic rings. The summed E-state index contributed by atoms with van der Waals surface area (Å²) in [5.41, 5.74) is 1.85. The molecule has 7 nitrogen and oxygen atoms in total. The summed E-state index contributed by atoms with van der Waals surface area (Å²) in [5, 5.41) is 3.34. The minimum atomic E-state index is 0. The smallest absolute Gasteiger partial charge is 0.138 e. The SMILES string of the molecule is Cc1nc(Nc2ccn3ccnc3c2)cc(N2CCOCC2)n1.[HH]. The van der Waals surface area contributed by atoms with Crippen LogP contribution in [-0.4, -0.2) is 45.7 Å². The predicted molar refractivity (Wildman–Crippen MR) is 90.4 cm³/mol. The van der Waals surface area contributed by atoms with Crippen molar-refractivity contribution >= 4 is 23.0 Å². The Morgan fingerprint density at radius 2 is 2.04 bits per heavy atom. The number of hydrogen-bond donors (Lipinski definition) is 1. The van der Waals surface area contributed by atoms with Gasteiger partial charge in [0.25, 0.3) is 0 Å². The lowest BCUT2D eigenvalue weighted by Crippen LogP contribution is -2.36. The molecule has 1 N–H and O–H groups in total. The maximum absolute atomic E-state index is 5.40. The molecule has 4 rings (SSSR count). The van der Waals surface area contributed by atoms with Crippen LogP contribution < -0.4 is 10.2 Å². The van der Waals surface area contributed by atoms with Crippen LogP contribution in [0.4, 0.5) is 17.3 Å². The lowest BCUT2D eigenvalue weighted by Gasteiger charge is -2.28. The van der Waals surface area contributed by atoms with E-state index in [0.29, 0.717) is 0 Å². The summed E-state index contributed by atoms with van der Waals surface area (Å²) in [6.45, 7) is 5.10. The maximum Gasteiger partial charge on any atom is 0.138 e. The van der Waals surface area contributed by atoms with Gasteiger partial charge in [0.05, 0.1) is 13.2 Å². The van der Waals surface area contributed by atoms with Gasteiger partial charge in [0.15, 0.2) is 0 Å². The Hall–Kier alpha value is -2.67. The average Bonchev–Trinajstić information content (AvgIpc) is 3.03. The van der Waals surface area contributed by atoms with Crippen LogP contribution in [0.5, 0.6) is 0 Å². The number of aromatic nitrogens is 4. The largest absolute Gasteiger partial charge is 0.378 e. The summed E-state index contributed by atoms with van der Waals surface area (Å²) in [4.78, 5) is 15.5. The van der Waals surface area contributed by atoms with E-state index in [1.165, 1.54) is 0 Å². The van der Waals surface area contributed by atoms with Gasteiger partial charge < -0.3 is 19.4 Å². The predicted octanol–water partition coefficient (Wildman–Crippen LogP) is 2.26. The molecule has 0 radical (unpaired) electrons. The number of aryl methyl sites for hydroxylation is 1. The summed E-state index contributed by atoms with van der Waals surface area (Å²) in [6.07, 6.45) is 5.68. The second kappa shape index (κ2) is 5.85. The Morgan fingerprint density at radius 3 is 2.91 bits per heavy atom. The van der Waals surface area contributed by atoms with E-state index < -0.39 is 0 Å². The molecule has 1 saturated heterocycles. The Morgan fingerprint density at radius 1 is 1.17 bits per heavy atom. The number of morpholine rings is 1. The van der Waals surface area contributed by atoms with Crippen LogP contribution in [0.25, 0.3) is 5.65 Å². The third kappa shape index (κ3) is 2.95. The second-order valence-electron chi connectivity index (χ2n) is 5.49. The average molecular weight is 312 g/mol. The summed E-state index contributed by atoms with van der Waals surface area (Å²) < 4.78 is 7.37. The topological polar surface area (TPSA) is 67.6 Å². The first kappa shape index (κ1) is 14.0. The Balaban J connectivity index is 0.00000169. The van der Waals surface area contributed by atoms with E-state index in [-0.39, 0.29) is 1.43 Å². The molecule has 120 valence electrons. The molecule has 23 heavy (non-hydrogen) atoms. The van der Waals surface area contributed by atoms with Crippen LogP contribution in [0, 0.1) is 6.92 Å². The molecular formula is C16H20N6O. The molecule has 0 unspecified atom stereocenters. The highest BCUT2D eigenvalue weighted by molar-refractivity contribution is 5.63. The molecule has 1 fully saturated rings. The number of anilines is 3. The molecule has 0 bridgehead atoms. The first-order chi connectivity index (χ1) is 11.3. The zero-order valence-electron chi connectivity index (χ0n) is 12.9. The highest BCUT2D eigenvalue weighted by Gasteiger charge is 2.14. The van der Waals surface area contributed by atoms with Crippen molar-refractivity contribution in [2.45, 2.75) is 6.92 Å². The number of imidazole rings is 1. The minimum Gasteiger partial charge on any atom is -0.378 e. The number of fused-ring (bicyclic) bond motifs is 1. The number of pyridine rings is 1. The van der Waals surface area contributed by atoms with Gasteiger partial charge in [0.2, 0.25) is 0 Å². The summed E-state index contributed by atoms with van der Waals surface area (Å²) in [7, 11) is 0. The second-order valence-corrected chi connectivity index (χ2v) is 5.49. The maximum atomic E-state index is 5.40. The van der Waals surface area contributed by atoms with Gasteiger partial charge in [-0.15, -0.1) is 0 Å². The Kier molecular flexibility index (Phi) is 3.55. The van der Waals surface area contributed by atoms with E-state index >= 15 is 0 Å². The number of rotatable bonds is 3. The fraction of sp³-hybridized carbons (Fsp3) is 0.312. The van der Waals surface area contributed by atoms with Crippen LogP contribution >= 0.6 is 0 Å². The van der Waals surface area contributed by atoms with E-state index in [9.17, 15) is 0 Å². The van der Waals surface area contributed by atoms with Crippen molar-refractivity contribution in [3.8, 4) is 0 Å². The highest BCUT2D eigenvalue weighted by Crippen LogP contribution is 2.21. The van der Waals surface area contributed by atoms with Crippen LogP contribution in [0.15, 0.2) is 36.8 Å². The van der Waals surface area contributed by atoms with Gasteiger partial charge in [-0.1, -0.05) is 0 Å². The van der Waals surface area contributed by atoms with Crippen LogP contribution in [0.3, 0.4) is 0 Å². The van der Waals surface area contributed by atoms with Gasteiger partial charge in [-0.3, -0.25) is 0 Å². The van der Waals surface area contributed by atoms with E-state index in [0.717, 1.165) is 55.1 Å². The molecule has 7 heteroatoms. The first-order valence-corrected chi connectivity index (χ1v) is 7.66. The van der Waals surface area contributed by atoms with Crippen molar-refractivity contribution in [3.05, 3.63) is 42.6 Å². The van der Waals surface area contributed by atoms with Gasteiger partial charge in [0, 0.05) is 50.9 Å².